The summed E-state index contributed by atoms with van der Waals surface area (Å²) in [6.07, 6.45) is 0.208. The molecule has 33 heavy (non-hydrogen) atoms. The zero-order valence-electron chi connectivity index (χ0n) is 19.6. The summed E-state index contributed by atoms with van der Waals surface area (Å²) in [4.78, 5) is 27.2. The van der Waals surface area contributed by atoms with E-state index in [9.17, 15) is 9.59 Å². The average molecular weight is 456 g/mol. The van der Waals surface area contributed by atoms with Gasteiger partial charge in [0, 0.05) is 38.2 Å². The SMILES string of the molecule is COc1ccc(C(CNC(=O)CCNC(=O)c2ccccc2C)N2CCOCC2)cc1OC. The third kappa shape index (κ3) is 6.69. The van der Waals surface area contributed by atoms with E-state index >= 15 is 0 Å². The second kappa shape index (κ2) is 12.2. The molecule has 2 aromatic carbocycles. The van der Waals surface area contributed by atoms with Gasteiger partial charge >= 0.3 is 0 Å². The lowest BCUT2D eigenvalue weighted by atomic mass is 10.0. The molecule has 1 unspecified atom stereocenters. The van der Waals surface area contributed by atoms with Crippen LogP contribution in [0.3, 0.4) is 0 Å². The normalized spacial score (nSPS) is 14.9. The van der Waals surface area contributed by atoms with Gasteiger partial charge in [0.05, 0.1) is 33.5 Å². The van der Waals surface area contributed by atoms with E-state index in [2.05, 4.69) is 15.5 Å². The predicted octanol–water partition coefficient (Wildman–Crippen LogP) is 2.32. The van der Waals surface area contributed by atoms with E-state index in [0.29, 0.717) is 36.8 Å². The third-order valence-electron chi connectivity index (χ3n) is 5.80. The number of morpholine rings is 1. The van der Waals surface area contributed by atoms with Crippen molar-refractivity contribution in [1.82, 2.24) is 15.5 Å². The molecule has 8 heteroatoms. The van der Waals surface area contributed by atoms with Crippen molar-refractivity contribution in [2.75, 3.05) is 53.6 Å². The van der Waals surface area contributed by atoms with Gasteiger partial charge in [-0.2, -0.15) is 0 Å². The highest BCUT2D eigenvalue weighted by molar-refractivity contribution is 5.95. The molecular weight excluding hydrogens is 422 g/mol. The van der Waals surface area contributed by atoms with Gasteiger partial charge in [-0.3, -0.25) is 14.5 Å². The van der Waals surface area contributed by atoms with Crippen LogP contribution < -0.4 is 20.1 Å². The average Bonchev–Trinajstić information content (AvgIpc) is 2.84. The maximum Gasteiger partial charge on any atom is 0.251 e. The number of rotatable bonds is 10. The highest BCUT2D eigenvalue weighted by Gasteiger charge is 2.24. The van der Waals surface area contributed by atoms with Crippen LogP contribution in [0, 0.1) is 6.92 Å². The highest BCUT2D eigenvalue weighted by atomic mass is 16.5. The Bertz CT molecular complexity index is 943. The first-order valence-electron chi connectivity index (χ1n) is 11.2. The summed E-state index contributed by atoms with van der Waals surface area (Å²) in [5, 5.41) is 5.85. The fourth-order valence-electron chi connectivity index (χ4n) is 3.92. The predicted molar refractivity (Wildman–Crippen MR) is 126 cm³/mol. The van der Waals surface area contributed by atoms with Gasteiger partial charge in [-0.05, 0) is 36.2 Å². The van der Waals surface area contributed by atoms with Gasteiger partial charge in [-0.15, -0.1) is 0 Å². The molecule has 8 nitrogen and oxygen atoms in total. The molecule has 3 rings (SSSR count). The fourth-order valence-corrected chi connectivity index (χ4v) is 3.92. The Kier molecular flexibility index (Phi) is 9.09. The lowest BCUT2D eigenvalue weighted by Crippen LogP contribution is -2.44. The van der Waals surface area contributed by atoms with Crippen LogP contribution in [0.25, 0.3) is 0 Å². The third-order valence-corrected chi connectivity index (χ3v) is 5.80. The van der Waals surface area contributed by atoms with Crippen LogP contribution >= 0.6 is 0 Å². The molecule has 1 heterocycles. The minimum atomic E-state index is -0.169. The van der Waals surface area contributed by atoms with E-state index in [0.717, 1.165) is 24.2 Å². The zero-order chi connectivity index (χ0) is 23.6. The fraction of sp³-hybridized carbons (Fsp3) is 0.440. The summed E-state index contributed by atoms with van der Waals surface area (Å²) < 4.78 is 16.3. The monoisotopic (exact) mass is 455 g/mol. The van der Waals surface area contributed by atoms with Crippen LogP contribution in [-0.4, -0.2) is 70.3 Å². The number of methoxy groups -OCH3 is 2. The summed E-state index contributed by atoms with van der Waals surface area (Å²) in [6.45, 7) is 5.48. The lowest BCUT2D eigenvalue weighted by molar-refractivity contribution is -0.121. The number of aryl methyl sites for hydroxylation is 1. The number of benzene rings is 2. The molecule has 2 amide bonds. The van der Waals surface area contributed by atoms with Crippen molar-refractivity contribution < 1.29 is 23.8 Å². The van der Waals surface area contributed by atoms with E-state index in [1.165, 1.54) is 0 Å². The van der Waals surface area contributed by atoms with Crippen LogP contribution in [0.1, 0.15) is 33.9 Å². The van der Waals surface area contributed by atoms with Crippen LogP contribution in [-0.2, 0) is 9.53 Å². The molecule has 2 N–H and O–H groups in total. The molecule has 178 valence electrons. The quantitative estimate of drug-likeness (QED) is 0.572. The van der Waals surface area contributed by atoms with E-state index in [1.807, 2.05) is 43.3 Å². The van der Waals surface area contributed by atoms with Gasteiger partial charge in [0.2, 0.25) is 5.91 Å². The minimum Gasteiger partial charge on any atom is -0.493 e. The molecule has 0 spiro atoms. The summed E-state index contributed by atoms with van der Waals surface area (Å²) in [6, 6.07) is 13.2. The van der Waals surface area contributed by atoms with Crippen molar-refractivity contribution in [3.8, 4) is 11.5 Å². The maximum absolute atomic E-state index is 12.5. The van der Waals surface area contributed by atoms with Gasteiger partial charge in [0.25, 0.3) is 5.91 Å². The van der Waals surface area contributed by atoms with Crippen molar-refractivity contribution in [3.05, 3.63) is 59.2 Å². The Morgan fingerprint density at radius 2 is 1.76 bits per heavy atom. The first-order valence-corrected chi connectivity index (χ1v) is 11.2. The Morgan fingerprint density at radius 1 is 1.03 bits per heavy atom. The van der Waals surface area contributed by atoms with Gasteiger partial charge in [-0.25, -0.2) is 0 Å². The van der Waals surface area contributed by atoms with Crippen molar-refractivity contribution in [2.45, 2.75) is 19.4 Å². The zero-order valence-corrected chi connectivity index (χ0v) is 19.6. The van der Waals surface area contributed by atoms with Crippen molar-refractivity contribution >= 4 is 11.8 Å². The maximum atomic E-state index is 12.5. The van der Waals surface area contributed by atoms with E-state index in [-0.39, 0.29) is 30.8 Å². The molecule has 2 aromatic rings. The Labute approximate surface area is 195 Å². The van der Waals surface area contributed by atoms with Gasteiger partial charge in [-0.1, -0.05) is 24.3 Å². The number of carbonyl (C=O) groups is 2. The standard InChI is InChI=1S/C25H33N3O5/c1-18-6-4-5-7-20(18)25(30)26-11-10-24(29)27-17-21(28-12-14-33-15-13-28)19-8-9-22(31-2)23(16-19)32-3/h4-9,16,21H,10-15,17H2,1-3H3,(H,26,30)(H,27,29). The summed E-state index contributed by atoms with van der Waals surface area (Å²) in [7, 11) is 3.22. The van der Waals surface area contributed by atoms with Crippen LogP contribution in [0.5, 0.6) is 11.5 Å². The molecule has 1 aliphatic rings. The Balaban J connectivity index is 1.58. The number of ether oxygens (including phenoxy) is 3. The van der Waals surface area contributed by atoms with Crippen molar-refractivity contribution in [3.63, 3.8) is 0 Å². The van der Waals surface area contributed by atoms with E-state index < -0.39 is 0 Å². The minimum absolute atomic E-state index is 0.0285. The number of carbonyl (C=O) groups excluding carboxylic acids is 2. The van der Waals surface area contributed by atoms with Gasteiger partial charge in [0.15, 0.2) is 11.5 Å². The largest absolute Gasteiger partial charge is 0.493 e. The smallest absolute Gasteiger partial charge is 0.251 e. The van der Waals surface area contributed by atoms with Crippen LogP contribution in [0.2, 0.25) is 0 Å². The number of amides is 2. The summed E-state index contributed by atoms with van der Waals surface area (Å²) in [5.41, 5.74) is 2.56. The number of hydrogen-bond donors (Lipinski definition) is 2. The van der Waals surface area contributed by atoms with Gasteiger partial charge < -0.3 is 24.8 Å². The number of hydrogen-bond acceptors (Lipinski definition) is 6. The first kappa shape index (κ1) is 24.5. The number of nitrogens with zero attached hydrogens (tertiary/aromatic N) is 1. The van der Waals surface area contributed by atoms with Gasteiger partial charge in [0.1, 0.15) is 0 Å². The summed E-state index contributed by atoms with van der Waals surface area (Å²) in [5.74, 6) is 1.03. The Morgan fingerprint density at radius 3 is 2.45 bits per heavy atom. The molecular formula is C25H33N3O5. The summed E-state index contributed by atoms with van der Waals surface area (Å²) >= 11 is 0. The second-order valence-corrected chi connectivity index (χ2v) is 7.90. The highest BCUT2D eigenvalue weighted by Crippen LogP contribution is 2.32. The van der Waals surface area contributed by atoms with Crippen LogP contribution in [0.4, 0.5) is 0 Å². The second-order valence-electron chi connectivity index (χ2n) is 7.90. The number of nitrogens with one attached hydrogen (secondary N) is 2. The first-order chi connectivity index (χ1) is 16.0. The molecule has 1 atom stereocenters. The molecule has 0 radical (unpaired) electrons. The Hall–Kier alpha value is -3.10. The molecule has 0 aliphatic carbocycles. The topological polar surface area (TPSA) is 89.1 Å². The molecule has 0 saturated carbocycles. The molecule has 1 aliphatic heterocycles. The van der Waals surface area contributed by atoms with Crippen molar-refractivity contribution in [1.29, 1.82) is 0 Å². The van der Waals surface area contributed by atoms with Crippen LogP contribution in [0.15, 0.2) is 42.5 Å². The van der Waals surface area contributed by atoms with E-state index in [4.69, 9.17) is 14.2 Å². The molecule has 1 fully saturated rings. The van der Waals surface area contributed by atoms with E-state index in [1.54, 1.807) is 20.3 Å². The molecule has 0 aromatic heterocycles. The van der Waals surface area contributed by atoms with Crippen molar-refractivity contribution in [2.24, 2.45) is 0 Å². The molecule has 1 saturated heterocycles. The molecule has 0 bridgehead atoms. The lowest BCUT2D eigenvalue weighted by Gasteiger charge is -2.35.